The van der Waals surface area contributed by atoms with Crippen molar-refractivity contribution in [3.05, 3.63) is 28.1 Å². The molecule has 4 heterocycles. The number of rotatable bonds is 4. The van der Waals surface area contributed by atoms with Crippen LogP contribution in [0.15, 0.2) is 22.6 Å². The molecule has 2 fully saturated rings. The first-order valence-corrected chi connectivity index (χ1v) is 9.75. The first-order valence-electron chi connectivity index (χ1n) is 8.87. The topological polar surface area (TPSA) is 70.5 Å². The fraction of sp³-hybridized carbons (Fsp3) is 0.588. The summed E-state index contributed by atoms with van der Waals surface area (Å²) in [7, 11) is 0. The normalized spacial score (nSPS) is 21.9. The number of hydrogen-bond donors (Lipinski definition) is 1. The van der Waals surface area contributed by atoms with E-state index in [1.807, 2.05) is 10.3 Å². The third-order valence-electron chi connectivity index (χ3n) is 5.20. The zero-order chi connectivity index (χ0) is 17.2. The number of likely N-dealkylation sites (tertiary alicyclic amines) is 1. The molecule has 2 aliphatic heterocycles. The Balaban J connectivity index is 1.34. The van der Waals surface area contributed by atoms with Gasteiger partial charge in [0.1, 0.15) is 4.83 Å². The number of aryl methyl sites for hydroxylation is 1. The Kier molecular flexibility index (Phi) is 4.82. The number of nitrogens with zero attached hydrogens (tertiary/aromatic N) is 4. The number of nitrogens with one attached hydrogen (secondary N) is 1. The van der Waals surface area contributed by atoms with Crippen LogP contribution in [-0.4, -0.2) is 70.6 Å². The molecule has 4 rings (SSSR count). The summed E-state index contributed by atoms with van der Waals surface area (Å²) in [6.45, 7) is 6.23. The predicted molar refractivity (Wildman–Crippen MR) is 97.9 cm³/mol. The quantitative estimate of drug-likeness (QED) is 0.851. The number of carbonyl (C=O) groups is 1. The Hall–Kier alpha value is -1.77. The molecule has 1 amide bonds. The van der Waals surface area contributed by atoms with Crippen molar-refractivity contribution in [1.29, 1.82) is 0 Å². The summed E-state index contributed by atoms with van der Waals surface area (Å²) in [6.07, 6.45) is 2.96. The summed E-state index contributed by atoms with van der Waals surface area (Å²) >= 11 is 1.46. The van der Waals surface area contributed by atoms with E-state index < -0.39 is 0 Å². The first kappa shape index (κ1) is 16.7. The average molecular weight is 361 g/mol. The maximum Gasteiger partial charge on any atom is 0.262 e. The Labute approximate surface area is 150 Å². The molecule has 2 aromatic heterocycles. The molecule has 1 unspecified atom stereocenters. The van der Waals surface area contributed by atoms with Crippen molar-refractivity contribution in [3.63, 3.8) is 0 Å². The molecule has 2 aliphatic rings. The highest BCUT2D eigenvalue weighted by molar-refractivity contribution is 7.16. The summed E-state index contributed by atoms with van der Waals surface area (Å²) in [4.78, 5) is 34.4. The standard InChI is InChI=1S/C17H23N5O2S/c23-15(21-6-1-13(11-21)20-8-4-18-5-9-20)2-7-22-12-19-16-14(17(22)24)3-10-25-16/h3,10,12-13,18H,1-2,4-9,11H2. The summed E-state index contributed by atoms with van der Waals surface area (Å²) in [5.74, 6) is 0.134. The van der Waals surface area contributed by atoms with E-state index >= 15 is 0 Å². The van der Waals surface area contributed by atoms with Gasteiger partial charge >= 0.3 is 0 Å². The zero-order valence-corrected chi connectivity index (χ0v) is 15.0. The van der Waals surface area contributed by atoms with E-state index in [0.29, 0.717) is 24.4 Å². The van der Waals surface area contributed by atoms with Gasteiger partial charge in [-0.05, 0) is 17.9 Å². The van der Waals surface area contributed by atoms with E-state index in [4.69, 9.17) is 0 Å². The molecule has 8 heteroatoms. The molecule has 0 radical (unpaired) electrons. The van der Waals surface area contributed by atoms with Crippen molar-refractivity contribution in [2.24, 2.45) is 0 Å². The lowest BCUT2D eigenvalue weighted by Crippen LogP contribution is -2.49. The van der Waals surface area contributed by atoms with Gasteiger partial charge in [0.25, 0.3) is 5.56 Å². The largest absolute Gasteiger partial charge is 0.341 e. The Morgan fingerprint density at radius 2 is 2.16 bits per heavy atom. The number of piperazine rings is 1. The highest BCUT2D eigenvalue weighted by atomic mass is 32.1. The molecule has 0 bridgehead atoms. The van der Waals surface area contributed by atoms with Crippen LogP contribution in [0.4, 0.5) is 0 Å². The van der Waals surface area contributed by atoms with Gasteiger partial charge in [0, 0.05) is 58.3 Å². The number of aromatic nitrogens is 2. The lowest BCUT2D eigenvalue weighted by atomic mass is 10.2. The molecular weight excluding hydrogens is 338 g/mol. The van der Waals surface area contributed by atoms with Crippen LogP contribution in [-0.2, 0) is 11.3 Å². The van der Waals surface area contributed by atoms with Gasteiger partial charge in [0.15, 0.2) is 0 Å². The Bertz CT molecular complexity index is 811. The van der Waals surface area contributed by atoms with Crippen LogP contribution in [0.5, 0.6) is 0 Å². The fourth-order valence-electron chi connectivity index (χ4n) is 3.74. The summed E-state index contributed by atoms with van der Waals surface area (Å²) < 4.78 is 1.55. The van der Waals surface area contributed by atoms with Gasteiger partial charge in [-0.2, -0.15) is 0 Å². The smallest absolute Gasteiger partial charge is 0.262 e. The molecule has 1 N–H and O–H groups in total. The van der Waals surface area contributed by atoms with Crippen molar-refractivity contribution in [1.82, 2.24) is 24.7 Å². The fourth-order valence-corrected chi connectivity index (χ4v) is 4.46. The van der Waals surface area contributed by atoms with Gasteiger partial charge in [0.05, 0.1) is 11.7 Å². The molecule has 0 saturated carbocycles. The monoisotopic (exact) mass is 361 g/mol. The molecule has 7 nitrogen and oxygen atoms in total. The SMILES string of the molecule is O=C(CCn1cnc2sccc2c1=O)N1CCC(N2CCNCC2)C1. The van der Waals surface area contributed by atoms with Crippen molar-refractivity contribution in [3.8, 4) is 0 Å². The minimum absolute atomic E-state index is 0.0563. The van der Waals surface area contributed by atoms with Gasteiger partial charge in [-0.1, -0.05) is 0 Å². The number of fused-ring (bicyclic) bond motifs is 1. The maximum atomic E-state index is 12.5. The molecular formula is C17H23N5O2S. The van der Waals surface area contributed by atoms with Crippen LogP contribution >= 0.6 is 11.3 Å². The lowest BCUT2D eigenvalue weighted by molar-refractivity contribution is -0.130. The molecule has 134 valence electrons. The van der Waals surface area contributed by atoms with E-state index in [1.165, 1.54) is 11.3 Å². The Morgan fingerprint density at radius 1 is 1.32 bits per heavy atom. The van der Waals surface area contributed by atoms with Crippen LogP contribution in [0.3, 0.4) is 0 Å². The second-order valence-corrected chi connectivity index (χ2v) is 7.60. The Morgan fingerprint density at radius 3 is 3.00 bits per heavy atom. The van der Waals surface area contributed by atoms with E-state index in [2.05, 4.69) is 15.2 Å². The second kappa shape index (κ2) is 7.23. The van der Waals surface area contributed by atoms with Gasteiger partial charge < -0.3 is 10.2 Å². The molecule has 1 atom stereocenters. The first-order chi connectivity index (χ1) is 12.2. The van der Waals surface area contributed by atoms with Crippen molar-refractivity contribution in [2.75, 3.05) is 39.3 Å². The molecule has 2 aromatic rings. The van der Waals surface area contributed by atoms with Crippen LogP contribution in [0, 0.1) is 0 Å². The highest BCUT2D eigenvalue weighted by Gasteiger charge is 2.30. The highest BCUT2D eigenvalue weighted by Crippen LogP contribution is 2.17. The zero-order valence-electron chi connectivity index (χ0n) is 14.2. The molecule has 0 aromatic carbocycles. The molecule has 25 heavy (non-hydrogen) atoms. The van der Waals surface area contributed by atoms with E-state index in [-0.39, 0.29) is 11.5 Å². The second-order valence-electron chi connectivity index (χ2n) is 6.70. The summed E-state index contributed by atoms with van der Waals surface area (Å²) in [5.41, 5.74) is -0.0563. The van der Waals surface area contributed by atoms with Gasteiger partial charge in [-0.15, -0.1) is 11.3 Å². The third kappa shape index (κ3) is 3.47. The molecule has 0 spiro atoms. The van der Waals surface area contributed by atoms with Gasteiger partial charge in [0.2, 0.25) is 5.91 Å². The molecule has 0 aliphatic carbocycles. The van der Waals surface area contributed by atoms with Crippen LogP contribution < -0.4 is 10.9 Å². The van der Waals surface area contributed by atoms with E-state index in [9.17, 15) is 9.59 Å². The average Bonchev–Trinajstić information content (AvgIpc) is 3.31. The molecule has 2 saturated heterocycles. The van der Waals surface area contributed by atoms with E-state index in [0.717, 1.165) is 50.5 Å². The van der Waals surface area contributed by atoms with E-state index in [1.54, 1.807) is 17.0 Å². The summed E-state index contributed by atoms with van der Waals surface area (Å²) in [5, 5.41) is 5.88. The van der Waals surface area contributed by atoms with Crippen LogP contribution in [0.2, 0.25) is 0 Å². The van der Waals surface area contributed by atoms with Crippen molar-refractivity contribution in [2.45, 2.75) is 25.4 Å². The van der Waals surface area contributed by atoms with Crippen molar-refractivity contribution >= 4 is 27.5 Å². The lowest BCUT2D eigenvalue weighted by Gasteiger charge is -2.32. The number of carbonyl (C=O) groups excluding carboxylic acids is 1. The van der Waals surface area contributed by atoms with Crippen LogP contribution in [0.1, 0.15) is 12.8 Å². The minimum Gasteiger partial charge on any atom is -0.341 e. The third-order valence-corrected chi connectivity index (χ3v) is 6.02. The van der Waals surface area contributed by atoms with Crippen molar-refractivity contribution < 1.29 is 4.79 Å². The maximum absolute atomic E-state index is 12.5. The van der Waals surface area contributed by atoms with Gasteiger partial charge in [-0.3, -0.25) is 19.1 Å². The number of amides is 1. The summed E-state index contributed by atoms with van der Waals surface area (Å²) in [6, 6.07) is 2.28. The van der Waals surface area contributed by atoms with Gasteiger partial charge in [-0.25, -0.2) is 4.98 Å². The minimum atomic E-state index is -0.0563. The number of hydrogen-bond acceptors (Lipinski definition) is 6. The van der Waals surface area contributed by atoms with Crippen LogP contribution in [0.25, 0.3) is 10.2 Å². The predicted octanol–water partition coefficient (Wildman–Crippen LogP) is 0.354. The number of thiophene rings is 1.